The quantitative estimate of drug-likeness (QED) is 0.506. The van der Waals surface area contributed by atoms with E-state index in [1.807, 2.05) is 12.1 Å². The molecule has 5 rings (SSSR count). The van der Waals surface area contributed by atoms with Gasteiger partial charge in [-0.2, -0.15) is 0 Å². The number of carbonyl (C=O) groups excluding carboxylic acids is 2. The summed E-state index contributed by atoms with van der Waals surface area (Å²) in [5.74, 6) is 2.69. The van der Waals surface area contributed by atoms with Crippen molar-refractivity contribution in [2.24, 2.45) is 35.0 Å². The van der Waals surface area contributed by atoms with Gasteiger partial charge in [-0.05, 0) is 79.4 Å². The number of hydrogen-bond acceptors (Lipinski definition) is 4. The predicted molar refractivity (Wildman–Crippen MR) is 128 cm³/mol. The predicted octanol–water partition coefficient (Wildman–Crippen LogP) is 6.11. The Morgan fingerprint density at radius 2 is 1.82 bits per heavy atom. The fourth-order valence-corrected chi connectivity index (χ4v) is 8.25. The third kappa shape index (κ3) is 3.54. The van der Waals surface area contributed by atoms with Gasteiger partial charge in [-0.1, -0.05) is 45.7 Å². The topological polar surface area (TPSA) is 52.6 Å². The van der Waals surface area contributed by atoms with Crippen LogP contribution in [-0.2, 0) is 19.7 Å². The molecule has 0 heterocycles. The summed E-state index contributed by atoms with van der Waals surface area (Å²) in [6.45, 7) is 6.86. The highest BCUT2D eigenvalue weighted by Crippen LogP contribution is 2.68. The zero-order valence-electron chi connectivity index (χ0n) is 20.8. The Morgan fingerprint density at radius 3 is 2.55 bits per heavy atom. The second-order valence-electron chi connectivity index (χ2n) is 12.0. The van der Waals surface area contributed by atoms with E-state index in [2.05, 4.69) is 32.9 Å². The number of ketones is 1. The molecule has 4 nitrogen and oxygen atoms in total. The highest BCUT2D eigenvalue weighted by Gasteiger charge is 2.70. The lowest BCUT2D eigenvalue weighted by molar-refractivity contribution is -0.207. The van der Waals surface area contributed by atoms with Gasteiger partial charge < -0.3 is 9.47 Å². The van der Waals surface area contributed by atoms with E-state index < -0.39 is 5.41 Å². The maximum atomic E-state index is 13.9. The van der Waals surface area contributed by atoms with Crippen LogP contribution in [0.4, 0.5) is 0 Å². The van der Waals surface area contributed by atoms with Gasteiger partial charge in [0.1, 0.15) is 17.6 Å². The number of carbonyl (C=O) groups is 2. The van der Waals surface area contributed by atoms with Gasteiger partial charge in [0.05, 0.1) is 12.5 Å². The maximum absolute atomic E-state index is 13.9. The maximum Gasteiger partial charge on any atom is 0.313 e. The van der Waals surface area contributed by atoms with Gasteiger partial charge in [-0.25, -0.2) is 0 Å². The molecule has 0 radical (unpaired) electrons. The molecule has 4 fully saturated rings. The molecule has 4 heteroatoms. The highest BCUT2D eigenvalue weighted by molar-refractivity contribution is 5.93. The van der Waals surface area contributed by atoms with Crippen molar-refractivity contribution < 1.29 is 19.1 Å². The number of hydrogen-bond donors (Lipinski definition) is 0. The first-order chi connectivity index (χ1) is 15.8. The number of esters is 1. The van der Waals surface area contributed by atoms with Crippen molar-refractivity contribution in [2.45, 2.75) is 90.1 Å². The summed E-state index contributed by atoms with van der Waals surface area (Å²) >= 11 is 0. The average Bonchev–Trinajstić information content (AvgIpc) is 3.21. The van der Waals surface area contributed by atoms with Crippen molar-refractivity contribution in [1.29, 1.82) is 0 Å². The lowest BCUT2D eigenvalue weighted by Gasteiger charge is -2.59. The summed E-state index contributed by atoms with van der Waals surface area (Å²) in [5, 5.41) is 0. The minimum absolute atomic E-state index is 0.0432. The van der Waals surface area contributed by atoms with Crippen LogP contribution in [0.2, 0.25) is 0 Å². The van der Waals surface area contributed by atoms with Crippen molar-refractivity contribution in [3.8, 4) is 5.75 Å². The normalized spacial score (nSPS) is 38.1. The molecule has 4 saturated carbocycles. The fraction of sp³-hybridized carbons (Fsp3) is 0.724. The summed E-state index contributed by atoms with van der Waals surface area (Å²) in [5.41, 5.74) is 0.616. The van der Waals surface area contributed by atoms with Crippen LogP contribution in [-0.4, -0.2) is 25.0 Å². The zero-order chi connectivity index (χ0) is 23.4. The van der Waals surface area contributed by atoms with Gasteiger partial charge in [0.25, 0.3) is 0 Å². The van der Waals surface area contributed by atoms with E-state index in [0.29, 0.717) is 30.0 Å². The summed E-state index contributed by atoms with van der Waals surface area (Å²) in [7, 11) is 1.69. The van der Waals surface area contributed by atoms with Crippen molar-refractivity contribution in [3.63, 3.8) is 0 Å². The Bertz CT molecular complexity index is 903. The number of rotatable bonds is 5. The summed E-state index contributed by atoms with van der Waals surface area (Å²) < 4.78 is 11.9. The lowest BCUT2D eigenvalue weighted by atomic mass is 9.43. The second-order valence-corrected chi connectivity index (χ2v) is 12.0. The lowest BCUT2D eigenvalue weighted by Crippen LogP contribution is -2.64. The Balaban J connectivity index is 1.40. The van der Waals surface area contributed by atoms with Gasteiger partial charge >= 0.3 is 5.97 Å². The number of ether oxygens (including phenoxy) is 2. The molecule has 0 spiro atoms. The first kappa shape index (κ1) is 22.9. The third-order valence-electron chi connectivity index (χ3n) is 10.0. The van der Waals surface area contributed by atoms with E-state index in [1.165, 1.54) is 5.56 Å². The van der Waals surface area contributed by atoms with Crippen LogP contribution in [0, 0.1) is 35.0 Å². The van der Waals surface area contributed by atoms with E-state index in [-0.39, 0.29) is 29.3 Å². The molecule has 1 aromatic rings. The molecule has 0 bridgehead atoms. The average molecular weight is 453 g/mol. The van der Waals surface area contributed by atoms with Crippen LogP contribution in [0.5, 0.6) is 5.75 Å². The highest BCUT2D eigenvalue weighted by atomic mass is 16.5. The first-order valence-corrected chi connectivity index (χ1v) is 13.2. The van der Waals surface area contributed by atoms with Crippen molar-refractivity contribution in [2.75, 3.05) is 7.11 Å². The third-order valence-corrected chi connectivity index (χ3v) is 10.0. The molecular formula is C29H40O4. The molecule has 0 saturated heterocycles. The molecule has 7 atom stereocenters. The summed E-state index contributed by atoms with van der Waals surface area (Å²) in [4.78, 5) is 26.8. The Hall–Kier alpha value is -1.84. The summed E-state index contributed by atoms with van der Waals surface area (Å²) in [6, 6.07) is 8.35. The van der Waals surface area contributed by atoms with Gasteiger partial charge in [-0.3, -0.25) is 9.59 Å². The van der Waals surface area contributed by atoms with E-state index >= 15 is 0 Å². The van der Waals surface area contributed by atoms with Crippen LogP contribution in [0.25, 0.3) is 0 Å². The molecule has 4 aliphatic carbocycles. The summed E-state index contributed by atoms with van der Waals surface area (Å²) in [6.07, 6.45) is 8.74. The molecule has 0 amide bonds. The van der Waals surface area contributed by atoms with Gasteiger partial charge in [0.15, 0.2) is 0 Å². The minimum atomic E-state index is -0.522. The monoisotopic (exact) mass is 452 g/mol. The van der Waals surface area contributed by atoms with Crippen molar-refractivity contribution in [1.82, 2.24) is 0 Å². The van der Waals surface area contributed by atoms with Crippen LogP contribution >= 0.6 is 0 Å². The number of methoxy groups -OCH3 is 1. The van der Waals surface area contributed by atoms with Gasteiger partial charge in [0, 0.05) is 18.3 Å². The standard InChI is InChI=1S/C29H40O4/c1-18-10-15-23(28(2,3)19-11-13-20(32-4)14-12-19)25(17-18)33-27(31)29-16-6-9-24(30)26(29)21-7-5-8-22(21)29/h11-14,18,21-23,25-26H,5-10,15-17H2,1-4H3. The van der Waals surface area contributed by atoms with Crippen LogP contribution in [0.1, 0.15) is 84.1 Å². The molecule has 4 aliphatic rings. The smallest absolute Gasteiger partial charge is 0.313 e. The molecule has 0 N–H and O–H groups in total. The molecule has 0 aromatic heterocycles. The van der Waals surface area contributed by atoms with Crippen LogP contribution in [0.3, 0.4) is 0 Å². The molecule has 180 valence electrons. The Kier molecular flexibility index (Phi) is 5.86. The van der Waals surface area contributed by atoms with E-state index in [1.54, 1.807) is 7.11 Å². The van der Waals surface area contributed by atoms with Crippen LogP contribution < -0.4 is 4.74 Å². The van der Waals surface area contributed by atoms with Crippen LogP contribution in [0.15, 0.2) is 24.3 Å². The molecule has 0 aliphatic heterocycles. The first-order valence-electron chi connectivity index (χ1n) is 13.2. The van der Waals surface area contributed by atoms with Gasteiger partial charge in [0.2, 0.25) is 0 Å². The van der Waals surface area contributed by atoms with E-state index in [4.69, 9.17) is 9.47 Å². The Labute approximate surface area is 198 Å². The molecule has 1 aromatic carbocycles. The molecular weight excluding hydrogens is 412 g/mol. The van der Waals surface area contributed by atoms with E-state index in [0.717, 1.165) is 57.1 Å². The minimum Gasteiger partial charge on any atom is -0.497 e. The Morgan fingerprint density at radius 1 is 1.06 bits per heavy atom. The molecule has 7 unspecified atom stereocenters. The van der Waals surface area contributed by atoms with E-state index in [9.17, 15) is 9.59 Å². The van der Waals surface area contributed by atoms with Gasteiger partial charge in [-0.15, -0.1) is 0 Å². The number of Topliss-reactive ketones (excluding diaryl/α,β-unsaturated/α-hetero) is 1. The van der Waals surface area contributed by atoms with Crippen molar-refractivity contribution >= 4 is 11.8 Å². The van der Waals surface area contributed by atoms with Crippen molar-refractivity contribution in [3.05, 3.63) is 29.8 Å². The number of fused-ring (bicyclic) bond motifs is 4. The number of benzene rings is 1. The molecule has 33 heavy (non-hydrogen) atoms. The fourth-order valence-electron chi connectivity index (χ4n) is 8.25. The zero-order valence-corrected chi connectivity index (χ0v) is 20.8. The largest absolute Gasteiger partial charge is 0.497 e. The second kappa shape index (κ2) is 8.43. The SMILES string of the molecule is COc1ccc(C(C)(C)C2CCC(C)CC2OC(=O)C23CCCC(=O)C2C2CCCC23)cc1.